The lowest BCUT2D eigenvalue weighted by Crippen LogP contribution is -2.42. The second-order valence-electron chi connectivity index (χ2n) is 10.7. The molecule has 2 amide bonds. The van der Waals surface area contributed by atoms with E-state index in [9.17, 15) is 18.8 Å². The molecule has 3 heterocycles. The zero-order valence-electron chi connectivity index (χ0n) is 21.1. The van der Waals surface area contributed by atoms with E-state index in [0.29, 0.717) is 5.69 Å². The van der Waals surface area contributed by atoms with Gasteiger partial charge in [-0.05, 0) is 80.0 Å². The molecule has 9 heteroatoms. The first kappa shape index (κ1) is 24.2. The van der Waals surface area contributed by atoms with E-state index in [-0.39, 0.29) is 57.4 Å². The van der Waals surface area contributed by atoms with Crippen LogP contribution in [0.1, 0.15) is 36.6 Å². The third-order valence-electron chi connectivity index (χ3n) is 9.19. The van der Waals surface area contributed by atoms with E-state index < -0.39 is 5.82 Å². The summed E-state index contributed by atoms with van der Waals surface area (Å²) in [7, 11) is 0. The van der Waals surface area contributed by atoms with Gasteiger partial charge in [0.1, 0.15) is 5.82 Å². The van der Waals surface area contributed by atoms with Gasteiger partial charge in [0.05, 0.1) is 22.5 Å². The second-order valence-corrected chi connectivity index (χ2v) is 12.9. The van der Waals surface area contributed by atoms with E-state index >= 15 is 0 Å². The van der Waals surface area contributed by atoms with Gasteiger partial charge in [0.15, 0.2) is 0 Å². The molecule has 196 valence electrons. The van der Waals surface area contributed by atoms with Gasteiger partial charge in [0.2, 0.25) is 11.8 Å². The molecule has 2 aromatic carbocycles. The highest BCUT2D eigenvalue weighted by atomic mass is 32.2. The molecular weight excluding hydrogens is 521 g/mol. The Hall–Kier alpha value is -2.91. The van der Waals surface area contributed by atoms with Crippen LogP contribution in [-0.2, 0) is 9.59 Å². The third kappa shape index (κ3) is 3.33. The van der Waals surface area contributed by atoms with E-state index in [4.69, 9.17) is 0 Å². The highest BCUT2D eigenvalue weighted by Gasteiger charge is 2.69. The van der Waals surface area contributed by atoms with Gasteiger partial charge in [-0.15, -0.1) is 11.8 Å². The van der Waals surface area contributed by atoms with Crippen LogP contribution >= 0.6 is 23.1 Å². The average Bonchev–Trinajstić information content (AvgIpc) is 3.65. The smallest absolute Gasteiger partial charge is 0.305 e. The fraction of sp³-hybridized carbons (Fsp3) is 0.414. The summed E-state index contributed by atoms with van der Waals surface area (Å²) in [6.45, 7) is 6.14. The SMILES string of the molecule is CCN(CC)c1ccc([C@@H]2c3sc(=O)[nH]c3S[C@@H]3[C@H]4C[C@@H]([C@@H]5C(=O)N(c6ccc(F)cc6)C(=O)[C@@H]45)[C@@H]23)cc1. The summed E-state index contributed by atoms with van der Waals surface area (Å²) in [6.07, 6.45) is 0.847. The Balaban J connectivity index is 1.28. The van der Waals surface area contributed by atoms with Crippen molar-refractivity contribution < 1.29 is 14.0 Å². The van der Waals surface area contributed by atoms with Crippen molar-refractivity contribution in [3.8, 4) is 0 Å². The molecule has 0 spiro atoms. The van der Waals surface area contributed by atoms with Crippen LogP contribution in [0.15, 0.2) is 58.4 Å². The Morgan fingerprint density at radius 2 is 1.61 bits per heavy atom. The number of H-pyrrole nitrogens is 1. The Kier molecular flexibility index (Phi) is 5.60. The Bertz CT molecular complexity index is 1480. The molecule has 2 saturated carbocycles. The van der Waals surface area contributed by atoms with Gasteiger partial charge in [0, 0.05) is 34.8 Å². The number of rotatable bonds is 5. The van der Waals surface area contributed by atoms with Crippen molar-refractivity contribution in [1.29, 1.82) is 0 Å². The number of halogens is 1. The predicted octanol–water partition coefficient (Wildman–Crippen LogP) is 5.10. The normalized spacial score (nSPS) is 30.9. The third-order valence-corrected chi connectivity index (χ3v) is 11.8. The van der Waals surface area contributed by atoms with Crippen molar-refractivity contribution in [3.63, 3.8) is 0 Å². The second kappa shape index (κ2) is 8.81. The first-order valence-corrected chi connectivity index (χ1v) is 15.0. The number of thioether (sulfide) groups is 1. The number of hydrogen-bond donors (Lipinski definition) is 1. The molecule has 2 bridgehead atoms. The van der Waals surface area contributed by atoms with Gasteiger partial charge in [-0.25, -0.2) is 4.39 Å². The van der Waals surface area contributed by atoms with Crippen LogP contribution in [-0.4, -0.2) is 35.1 Å². The monoisotopic (exact) mass is 549 g/mol. The molecule has 2 aliphatic carbocycles. The quantitative estimate of drug-likeness (QED) is 0.449. The molecule has 3 fully saturated rings. The van der Waals surface area contributed by atoms with Crippen LogP contribution in [0.5, 0.6) is 0 Å². The number of benzene rings is 2. The summed E-state index contributed by atoms with van der Waals surface area (Å²) in [6, 6.07) is 14.3. The largest absolute Gasteiger partial charge is 0.372 e. The summed E-state index contributed by atoms with van der Waals surface area (Å²) < 4.78 is 13.6. The number of nitrogens with one attached hydrogen (secondary N) is 1. The first-order chi connectivity index (χ1) is 18.4. The minimum atomic E-state index is -0.398. The van der Waals surface area contributed by atoms with Gasteiger partial charge in [-0.1, -0.05) is 23.5 Å². The maximum atomic E-state index is 13.8. The predicted molar refractivity (Wildman–Crippen MR) is 147 cm³/mol. The van der Waals surface area contributed by atoms with Crippen LogP contribution < -0.4 is 14.7 Å². The van der Waals surface area contributed by atoms with Crippen molar-refractivity contribution in [1.82, 2.24) is 4.98 Å². The van der Waals surface area contributed by atoms with Crippen molar-refractivity contribution in [2.75, 3.05) is 22.9 Å². The van der Waals surface area contributed by atoms with Crippen LogP contribution in [0.2, 0.25) is 0 Å². The standard InChI is InChI=1S/C29H28FN3O3S2/c1-3-32(4-2)16-9-5-14(6-10-16)20-21-18-13-19(24(21)37-26-25(20)38-29(36)31-26)23-22(18)27(34)33(28(23)35)17-11-7-15(30)8-12-17/h5-12,18-24H,3-4,13H2,1-2H3,(H,31,36)/t18-,19+,20+,21+,22+,23+,24-/m1/s1. The number of anilines is 2. The fourth-order valence-electron chi connectivity index (χ4n) is 7.72. The topological polar surface area (TPSA) is 73.5 Å². The maximum Gasteiger partial charge on any atom is 0.305 e. The summed E-state index contributed by atoms with van der Waals surface area (Å²) in [4.78, 5) is 47.5. The number of carbonyl (C=O) groups excluding carboxylic acids is 2. The van der Waals surface area contributed by atoms with Crippen LogP contribution in [0.25, 0.3) is 0 Å². The molecule has 0 radical (unpaired) electrons. The zero-order valence-corrected chi connectivity index (χ0v) is 22.7. The van der Waals surface area contributed by atoms with Crippen molar-refractivity contribution in [2.45, 2.75) is 36.5 Å². The van der Waals surface area contributed by atoms with Gasteiger partial charge < -0.3 is 9.88 Å². The van der Waals surface area contributed by atoms with E-state index in [1.807, 2.05) is 0 Å². The maximum absolute atomic E-state index is 13.8. The highest BCUT2D eigenvalue weighted by molar-refractivity contribution is 8.00. The number of imide groups is 1. The minimum absolute atomic E-state index is 0.00433. The first-order valence-electron chi connectivity index (χ1n) is 13.3. The Labute approximate surface area is 228 Å². The molecule has 3 aromatic rings. The number of aromatic amines is 1. The van der Waals surface area contributed by atoms with Gasteiger partial charge in [-0.2, -0.15) is 0 Å². The van der Waals surface area contributed by atoms with Crippen LogP contribution in [0.3, 0.4) is 0 Å². The zero-order chi connectivity index (χ0) is 26.3. The van der Waals surface area contributed by atoms with Crippen molar-refractivity contribution >= 4 is 46.3 Å². The number of amides is 2. The summed E-state index contributed by atoms with van der Waals surface area (Å²) in [5.74, 6) is -1.16. The van der Waals surface area contributed by atoms with Crippen LogP contribution in [0, 0.1) is 35.4 Å². The summed E-state index contributed by atoms with van der Waals surface area (Å²) in [5.41, 5.74) is 2.77. The number of fused-ring (bicyclic) bond motifs is 9. The van der Waals surface area contributed by atoms with Crippen molar-refractivity contribution in [3.05, 3.63) is 74.5 Å². The van der Waals surface area contributed by atoms with Gasteiger partial charge in [0.25, 0.3) is 0 Å². The number of aromatic nitrogens is 1. The molecule has 4 aliphatic rings. The number of thiazole rings is 1. The number of nitrogens with zero attached hydrogens (tertiary/aromatic N) is 2. The molecule has 1 N–H and O–H groups in total. The van der Waals surface area contributed by atoms with Gasteiger partial charge >= 0.3 is 4.87 Å². The molecule has 7 rings (SSSR count). The van der Waals surface area contributed by atoms with E-state index in [1.165, 1.54) is 46.2 Å². The van der Waals surface area contributed by atoms with E-state index in [0.717, 1.165) is 35.0 Å². The van der Waals surface area contributed by atoms with Crippen LogP contribution in [0.4, 0.5) is 15.8 Å². The fourth-order valence-corrected chi connectivity index (χ4v) is 10.6. The summed E-state index contributed by atoms with van der Waals surface area (Å²) >= 11 is 2.97. The summed E-state index contributed by atoms with van der Waals surface area (Å²) in [5, 5.41) is 1.06. The lowest BCUT2D eigenvalue weighted by Gasteiger charge is -2.43. The van der Waals surface area contributed by atoms with E-state index in [1.54, 1.807) is 11.8 Å². The Morgan fingerprint density at radius 1 is 0.947 bits per heavy atom. The number of carbonyl (C=O) groups is 2. The number of hydrogen-bond acceptors (Lipinski definition) is 6. The average molecular weight is 550 g/mol. The minimum Gasteiger partial charge on any atom is -0.372 e. The lowest BCUT2D eigenvalue weighted by atomic mass is 9.68. The Morgan fingerprint density at radius 3 is 2.26 bits per heavy atom. The molecule has 6 nitrogen and oxygen atoms in total. The molecular formula is C29H28FN3O3S2. The lowest BCUT2D eigenvalue weighted by molar-refractivity contribution is -0.123. The molecule has 0 unspecified atom stereocenters. The highest BCUT2D eigenvalue weighted by Crippen LogP contribution is 2.68. The molecule has 38 heavy (non-hydrogen) atoms. The molecule has 2 aliphatic heterocycles. The van der Waals surface area contributed by atoms with Gasteiger partial charge in [-0.3, -0.25) is 19.3 Å². The molecule has 1 saturated heterocycles. The molecule has 7 atom stereocenters. The molecule has 1 aromatic heterocycles. The van der Waals surface area contributed by atoms with Crippen molar-refractivity contribution in [2.24, 2.45) is 29.6 Å². The van der Waals surface area contributed by atoms with E-state index in [2.05, 4.69) is 48.0 Å².